The van der Waals surface area contributed by atoms with Gasteiger partial charge in [0.15, 0.2) is 5.75 Å². The number of halogens is 3. The van der Waals surface area contributed by atoms with Crippen molar-refractivity contribution in [1.29, 1.82) is 0 Å². The molecule has 10 nitrogen and oxygen atoms in total. The average Bonchev–Trinajstić information content (AvgIpc) is 3.61. The van der Waals surface area contributed by atoms with E-state index in [1.54, 1.807) is 25.4 Å². The second kappa shape index (κ2) is 10.6. The van der Waals surface area contributed by atoms with Gasteiger partial charge in [-0.2, -0.15) is 9.49 Å². The van der Waals surface area contributed by atoms with Crippen LogP contribution in [0.25, 0.3) is 11.3 Å². The highest BCUT2D eigenvalue weighted by Gasteiger charge is 2.30. The summed E-state index contributed by atoms with van der Waals surface area (Å²) in [5.74, 6) is -1.07. The maximum Gasteiger partial charge on any atom is 0.304 e. The molecular weight excluding hydrogens is 481 g/mol. The SMILES string of the molecule is CONC(=O)c1cnc(NC(=O)C2CC2)cc1Nc1cccc(-c2ccn(C)n2)c1OC(F)C(F)F. The van der Waals surface area contributed by atoms with Crippen LogP contribution < -0.4 is 20.9 Å². The zero-order valence-electron chi connectivity index (χ0n) is 19.3. The molecule has 36 heavy (non-hydrogen) atoms. The van der Waals surface area contributed by atoms with Gasteiger partial charge in [0.05, 0.1) is 29.7 Å². The number of aryl methyl sites for hydroxylation is 1. The summed E-state index contributed by atoms with van der Waals surface area (Å²) in [6.45, 7) is 0. The van der Waals surface area contributed by atoms with Gasteiger partial charge in [-0.3, -0.25) is 19.1 Å². The Bertz CT molecular complexity index is 1260. The largest absolute Gasteiger partial charge is 0.452 e. The lowest BCUT2D eigenvalue weighted by atomic mass is 10.1. The van der Waals surface area contributed by atoms with Gasteiger partial charge >= 0.3 is 6.43 Å². The van der Waals surface area contributed by atoms with E-state index in [2.05, 4.69) is 31.0 Å². The van der Waals surface area contributed by atoms with Crippen molar-refractivity contribution in [2.24, 2.45) is 13.0 Å². The molecule has 1 aliphatic carbocycles. The first kappa shape index (κ1) is 25.0. The number of amides is 2. The molecule has 1 aromatic carbocycles. The Kier molecular flexibility index (Phi) is 7.38. The van der Waals surface area contributed by atoms with E-state index in [9.17, 15) is 22.8 Å². The molecule has 2 amide bonds. The summed E-state index contributed by atoms with van der Waals surface area (Å²) in [5.41, 5.74) is 2.95. The van der Waals surface area contributed by atoms with Crippen LogP contribution >= 0.6 is 0 Å². The van der Waals surface area contributed by atoms with Gasteiger partial charge in [-0.15, -0.1) is 0 Å². The summed E-state index contributed by atoms with van der Waals surface area (Å²) in [6, 6.07) is 7.58. The lowest BCUT2D eigenvalue weighted by molar-refractivity contribution is -0.117. The molecule has 0 spiro atoms. The van der Waals surface area contributed by atoms with E-state index < -0.39 is 18.7 Å². The fourth-order valence-electron chi connectivity index (χ4n) is 3.36. The number of carbonyl (C=O) groups is 2. The molecule has 1 aliphatic rings. The first-order chi connectivity index (χ1) is 17.3. The summed E-state index contributed by atoms with van der Waals surface area (Å²) >= 11 is 0. The molecule has 4 rings (SSSR count). The van der Waals surface area contributed by atoms with Crippen molar-refractivity contribution in [1.82, 2.24) is 20.2 Å². The van der Waals surface area contributed by atoms with Crippen LogP contribution in [0.5, 0.6) is 5.75 Å². The molecule has 2 aromatic heterocycles. The fourth-order valence-corrected chi connectivity index (χ4v) is 3.36. The van der Waals surface area contributed by atoms with E-state index in [0.29, 0.717) is 5.69 Å². The van der Waals surface area contributed by atoms with E-state index in [1.165, 1.54) is 36.2 Å². The number of aromatic nitrogens is 3. The second-order valence-corrected chi connectivity index (χ2v) is 8.00. The highest BCUT2D eigenvalue weighted by molar-refractivity contribution is 6.01. The molecule has 1 fully saturated rings. The third-order valence-corrected chi connectivity index (χ3v) is 5.25. The normalized spacial score (nSPS) is 13.8. The van der Waals surface area contributed by atoms with Crippen molar-refractivity contribution in [3.8, 4) is 17.0 Å². The first-order valence-corrected chi connectivity index (χ1v) is 10.9. The fraction of sp³-hybridized carbons (Fsp3) is 0.304. The highest BCUT2D eigenvalue weighted by atomic mass is 19.3. The van der Waals surface area contributed by atoms with Crippen LogP contribution in [-0.2, 0) is 16.7 Å². The van der Waals surface area contributed by atoms with Crippen molar-refractivity contribution >= 4 is 29.0 Å². The highest BCUT2D eigenvalue weighted by Crippen LogP contribution is 2.39. The van der Waals surface area contributed by atoms with Crippen LogP contribution in [0.2, 0.25) is 0 Å². The number of nitrogens with one attached hydrogen (secondary N) is 3. The number of anilines is 3. The molecule has 0 saturated heterocycles. The summed E-state index contributed by atoms with van der Waals surface area (Å²) in [7, 11) is 2.91. The number of hydrogen-bond donors (Lipinski definition) is 3. The first-order valence-electron chi connectivity index (χ1n) is 10.9. The number of pyridine rings is 1. The van der Waals surface area contributed by atoms with Gasteiger partial charge in [-0.25, -0.2) is 19.2 Å². The number of rotatable bonds is 10. The van der Waals surface area contributed by atoms with Gasteiger partial charge < -0.3 is 15.4 Å². The van der Waals surface area contributed by atoms with Gasteiger partial charge in [0.25, 0.3) is 12.3 Å². The Labute approximate surface area is 203 Å². The van der Waals surface area contributed by atoms with Crippen molar-refractivity contribution < 1.29 is 32.3 Å². The topological polar surface area (TPSA) is 119 Å². The van der Waals surface area contributed by atoms with E-state index in [1.807, 2.05) is 0 Å². The Morgan fingerprint density at radius 1 is 1.17 bits per heavy atom. The summed E-state index contributed by atoms with van der Waals surface area (Å²) < 4.78 is 46.7. The Morgan fingerprint density at radius 3 is 2.58 bits per heavy atom. The summed E-state index contributed by atoms with van der Waals surface area (Å²) in [6.07, 6.45) is -1.93. The maximum absolute atomic E-state index is 14.1. The molecule has 3 aromatic rings. The van der Waals surface area contributed by atoms with Crippen LogP contribution in [0.15, 0.2) is 42.7 Å². The standard InChI is InChI=1S/C23H23F3N6O4/c1-32-9-8-15(30-32)13-4-3-5-16(19(13)36-21(26)20(24)25)28-17-10-18(29-22(33)12-6-7-12)27-11-14(17)23(34)31-35-2/h3-5,8-12,20-21H,6-7H2,1-2H3,(H,31,34)(H2,27,28,29,33). The lowest BCUT2D eigenvalue weighted by Gasteiger charge is -2.19. The van der Waals surface area contributed by atoms with Gasteiger partial charge in [0.1, 0.15) is 5.82 Å². The lowest BCUT2D eigenvalue weighted by Crippen LogP contribution is -2.24. The van der Waals surface area contributed by atoms with E-state index >= 15 is 0 Å². The maximum atomic E-state index is 14.1. The predicted octanol–water partition coefficient (Wildman–Crippen LogP) is 3.80. The van der Waals surface area contributed by atoms with Gasteiger partial charge in [-0.1, -0.05) is 6.07 Å². The number of carbonyl (C=O) groups excluding carboxylic acids is 2. The van der Waals surface area contributed by atoms with E-state index in [-0.39, 0.29) is 45.9 Å². The van der Waals surface area contributed by atoms with Gasteiger partial charge in [0, 0.05) is 37.0 Å². The van der Waals surface area contributed by atoms with Crippen molar-refractivity contribution in [3.05, 3.63) is 48.3 Å². The quantitative estimate of drug-likeness (QED) is 0.359. The molecule has 1 saturated carbocycles. The third kappa shape index (κ3) is 5.74. The van der Waals surface area contributed by atoms with Gasteiger partial charge in [0.2, 0.25) is 5.91 Å². The molecule has 13 heteroatoms. The minimum absolute atomic E-state index is 0.00104. The minimum Gasteiger partial charge on any atom is -0.452 e. The van der Waals surface area contributed by atoms with E-state index in [0.717, 1.165) is 12.8 Å². The zero-order chi connectivity index (χ0) is 25.8. The molecule has 3 N–H and O–H groups in total. The third-order valence-electron chi connectivity index (χ3n) is 5.25. The molecule has 2 heterocycles. The second-order valence-electron chi connectivity index (χ2n) is 8.00. The van der Waals surface area contributed by atoms with Crippen LogP contribution in [-0.4, -0.2) is 46.5 Å². The molecule has 1 atom stereocenters. The predicted molar refractivity (Wildman–Crippen MR) is 124 cm³/mol. The van der Waals surface area contributed by atoms with Gasteiger partial charge in [-0.05, 0) is 31.0 Å². The van der Waals surface area contributed by atoms with Crippen LogP contribution in [0.1, 0.15) is 23.2 Å². The molecule has 0 aliphatic heterocycles. The average molecular weight is 504 g/mol. The number of para-hydroxylation sites is 1. The number of hydrogen-bond acceptors (Lipinski definition) is 7. The van der Waals surface area contributed by atoms with Crippen LogP contribution in [0.3, 0.4) is 0 Å². The summed E-state index contributed by atoms with van der Waals surface area (Å²) in [4.78, 5) is 33.5. The smallest absolute Gasteiger partial charge is 0.304 e. The number of benzene rings is 1. The van der Waals surface area contributed by atoms with Crippen LogP contribution in [0.4, 0.5) is 30.4 Å². The van der Waals surface area contributed by atoms with Crippen molar-refractivity contribution in [2.45, 2.75) is 25.6 Å². The molecule has 1 unspecified atom stereocenters. The monoisotopic (exact) mass is 504 g/mol. The number of alkyl halides is 3. The van der Waals surface area contributed by atoms with Crippen LogP contribution in [0, 0.1) is 5.92 Å². The molecular formula is C23H23F3N6O4. The Morgan fingerprint density at radius 2 is 1.94 bits per heavy atom. The number of nitrogens with zero attached hydrogens (tertiary/aromatic N) is 3. The number of ether oxygens (including phenoxy) is 1. The molecule has 190 valence electrons. The Balaban J connectivity index is 1.76. The van der Waals surface area contributed by atoms with Crippen molar-refractivity contribution in [3.63, 3.8) is 0 Å². The van der Waals surface area contributed by atoms with Crippen molar-refractivity contribution in [2.75, 3.05) is 17.7 Å². The summed E-state index contributed by atoms with van der Waals surface area (Å²) in [5, 5.41) is 9.84. The zero-order valence-corrected chi connectivity index (χ0v) is 19.3. The molecule has 0 bridgehead atoms. The Hall–Kier alpha value is -4.13. The number of hydroxylamine groups is 1. The molecule has 0 radical (unpaired) electrons. The minimum atomic E-state index is -3.40. The van der Waals surface area contributed by atoms with E-state index in [4.69, 9.17) is 4.74 Å².